The molecule has 5 heterocycles. The standard InChI is InChI=1S/C20H21N5O3S2/c1-2-15-21-20-25(22-15)19(27)17(30-20)16(14-6-4-12-29-14)23-7-9-24(10-8-23)18(26)13-5-3-11-28-13/h3-6,11-12,16,27H,2,7-10H2,1H3. The lowest BCUT2D eigenvalue weighted by Crippen LogP contribution is -2.49. The van der Waals surface area contributed by atoms with Crippen LogP contribution in [0.15, 0.2) is 40.3 Å². The zero-order chi connectivity index (χ0) is 20.7. The number of rotatable bonds is 5. The fourth-order valence-electron chi connectivity index (χ4n) is 3.78. The highest BCUT2D eigenvalue weighted by Gasteiger charge is 2.33. The van der Waals surface area contributed by atoms with Gasteiger partial charge in [-0.15, -0.1) is 16.4 Å². The molecule has 156 valence electrons. The second kappa shape index (κ2) is 7.86. The third-order valence-corrected chi connectivity index (χ3v) is 7.32. The maximum Gasteiger partial charge on any atom is 0.289 e. The second-order valence-electron chi connectivity index (χ2n) is 7.09. The average Bonchev–Trinajstić information content (AvgIpc) is 3.56. The van der Waals surface area contributed by atoms with Gasteiger partial charge in [-0.05, 0) is 23.6 Å². The van der Waals surface area contributed by atoms with Gasteiger partial charge in [0.2, 0.25) is 10.8 Å². The summed E-state index contributed by atoms with van der Waals surface area (Å²) in [4.78, 5) is 23.9. The first-order valence-electron chi connectivity index (χ1n) is 9.83. The van der Waals surface area contributed by atoms with Gasteiger partial charge in [0, 0.05) is 37.5 Å². The summed E-state index contributed by atoms with van der Waals surface area (Å²) in [7, 11) is 0. The quantitative estimate of drug-likeness (QED) is 0.509. The van der Waals surface area contributed by atoms with Crippen molar-refractivity contribution in [3.63, 3.8) is 0 Å². The molecule has 1 aliphatic rings. The van der Waals surface area contributed by atoms with Gasteiger partial charge in [0.05, 0.1) is 17.2 Å². The molecule has 1 aliphatic heterocycles. The molecule has 0 radical (unpaired) electrons. The Kier molecular flexibility index (Phi) is 5.05. The van der Waals surface area contributed by atoms with E-state index in [0.29, 0.717) is 36.9 Å². The molecule has 0 saturated carbocycles. The van der Waals surface area contributed by atoms with E-state index in [9.17, 15) is 9.90 Å². The summed E-state index contributed by atoms with van der Waals surface area (Å²) in [5, 5.41) is 17.4. The van der Waals surface area contributed by atoms with E-state index in [2.05, 4.69) is 21.0 Å². The molecular formula is C20H21N5O3S2. The summed E-state index contributed by atoms with van der Waals surface area (Å²) in [6.07, 6.45) is 2.24. The molecule has 1 N–H and O–H groups in total. The van der Waals surface area contributed by atoms with Gasteiger partial charge in [0.25, 0.3) is 5.91 Å². The lowest BCUT2D eigenvalue weighted by Gasteiger charge is -2.38. The van der Waals surface area contributed by atoms with Crippen LogP contribution in [0.3, 0.4) is 0 Å². The molecule has 4 aromatic heterocycles. The van der Waals surface area contributed by atoms with Gasteiger partial charge < -0.3 is 14.4 Å². The number of amides is 1. The second-order valence-corrected chi connectivity index (χ2v) is 9.08. The summed E-state index contributed by atoms with van der Waals surface area (Å²) in [5.74, 6) is 1.16. The van der Waals surface area contributed by atoms with Crippen LogP contribution in [0.4, 0.5) is 0 Å². The first-order valence-corrected chi connectivity index (χ1v) is 11.5. The third kappa shape index (κ3) is 3.30. The van der Waals surface area contributed by atoms with Crippen LogP contribution in [-0.4, -0.2) is 61.6 Å². The Balaban J connectivity index is 1.42. The van der Waals surface area contributed by atoms with Crippen molar-refractivity contribution in [1.82, 2.24) is 24.4 Å². The van der Waals surface area contributed by atoms with E-state index < -0.39 is 0 Å². The van der Waals surface area contributed by atoms with Gasteiger partial charge in [-0.3, -0.25) is 9.69 Å². The van der Waals surface area contributed by atoms with Crippen molar-refractivity contribution in [1.29, 1.82) is 0 Å². The number of aromatic hydroxyl groups is 1. The Labute approximate surface area is 181 Å². The molecule has 1 saturated heterocycles. The summed E-state index contributed by atoms with van der Waals surface area (Å²) in [6, 6.07) is 7.43. The maximum absolute atomic E-state index is 12.6. The maximum atomic E-state index is 12.6. The number of carbonyl (C=O) groups excluding carboxylic acids is 1. The van der Waals surface area contributed by atoms with E-state index >= 15 is 0 Å². The lowest BCUT2D eigenvalue weighted by atomic mass is 10.1. The first-order chi connectivity index (χ1) is 14.7. The number of hydrogen-bond donors (Lipinski definition) is 1. The van der Waals surface area contributed by atoms with Gasteiger partial charge in [0.15, 0.2) is 11.6 Å². The van der Waals surface area contributed by atoms with Crippen molar-refractivity contribution >= 4 is 33.5 Å². The average molecular weight is 444 g/mol. The lowest BCUT2D eigenvalue weighted by molar-refractivity contribution is 0.0570. The zero-order valence-corrected chi connectivity index (χ0v) is 18.0. The number of aryl methyl sites for hydroxylation is 1. The number of fused-ring (bicyclic) bond motifs is 1. The van der Waals surface area contributed by atoms with E-state index in [4.69, 9.17) is 4.42 Å². The molecule has 4 aromatic rings. The fourth-order valence-corrected chi connectivity index (χ4v) is 5.85. The smallest absolute Gasteiger partial charge is 0.289 e. The van der Waals surface area contributed by atoms with Crippen molar-refractivity contribution in [2.24, 2.45) is 0 Å². The molecule has 1 amide bonds. The molecule has 1 unspecified atom stereocenters. The minimum Gasteiger partial charge on any atom is -0.492 e. The highest BCUT2D eigenvalue weighted by Crippen LogP contribution is 2.41. The Bertz CT molecular complexity index is 1140. The van der Waals surface area contributed by atoms with Crippen molar-refractivity contribution in [3.05, 3.63) is 57.2 Å². The van der Waals surface area contributed by atoms with Crippen LogP contribution >= 0.6 is 22.7 Å². The zero-order valence-electron chi connectivity index (χ0n) is 16.4. The van der Waals surface area contributed by atoms with Crippen LogP contribution in [-0.2, 0) is 6.42 Å². The monoisotopic (exact) mass is 443 g/mol. The number of aromatic nitrogens is 3. The number of nitrogens with zero attached hydrogens (tertiary/aromatic N) is 5. The van der Waals surface area contributed by atoms with E-state index in [1.807, 2.05) is 23.3 Å². The van der Waals surface area contributed by atoms with Crippen molar-refractivity contribution < 1.29 is 14.3 Å². The highest BCUT2D eigenvalue weighted by atomic mass is 32.1. The van der Waals surface area contributed by atoms with Crippen LogP contribution < -0.4 is 0 Å². The largest absolute Gasteiger partial charge is 0.492 e. The summed E-state index contributed by atoms with van der Waals surface area (Å²) in [5.41, 5.74) is 0. The summed E-state index contributed by atoms with van der Waals surface area (Å²) in [6.45, 7) is 4.59. The topological polar surface area (TPSA) is 87.1 Å². The Morgan fingerprint density at radius 1 is 1.27 bits per heavy atom. The van der Waals surface area contributed by atoms with Crippen molar-refractivity contribution in [3.8, 4) is 5.88 Å². The van der Waals surface area contributed by atoms with Crippen LogP contribution in [0.1, 0.15) is 39.1 Å². The van der Waals surface area contributed by atoms with Gasteiger partial charge in [-0.1, -0.05) is 24.3 Å². The van der Waals surface area contributed by atoms with Gasteiger partial charge in [-0.25, -0.2) is 4.98 Å². The van der Waals surface area contributed by atoms with E-state index in [1.54, 1.807) is 23.5 Å². The molecular weight excluding hydrogens is 422 g/mol. The SMILES string of the molecule is CCc1nc2sc(C(c3cccs3)N3CCN(C(=O)c4ccco4)CC3)c(O)n2n1. The molecule has 1 atom stereocenters. The van der Waals surface area contributed by atoms with Crippen molar-refractivity contribution in [2.75, 3.05) is 26.2 Å². The highest BCUT2D eigenvalue weighted by molar-refractivity contribution is 7.17. The molecule has 30 heavy (non-hydrogen) atoms. The van der Waals surface area contributed by atoms with Crippen LogP contribution in [0.25, 0.3) is 4.96 Å². The molecule has 0 aliphatic carbocycles. The van der Waals surface area contributed by atoms with E-state index in [-0.39, 0.29) is 17.8 Å². The number of carbonyl (C=O) groups is 1. The Morgan fingerprint density at radius 2 is 2.10 bits per heavy atom. The van der Waals surface area contributed by atoms with Gasteiger partial charge in [-0.2, -0.15) is 4.52 Å². The molecule has 0 bridgehead atoms. The van der Waals surface area contributed by atoms with Crippen LogP contribution in [0.2, 0.25) is 0 Å². The number of thiazole rings is 1. The Hall–Kier alpha value is -2.69. The number of furan rings is 1. The molecule has 0 aromatic carbocycles. The Morgan fingerprint density at radius 3 is 2.73 bits per heavy atom. The molecule has 5 rings (SSSR count). The van der Waals surface area contributed by atoms with Crippen molar-refractivity contribution in [2.45, 2.75) is 19.4 Å². The predicted octanol–water partition coefficient (Wildman–Crippen LogP) is 3.26. The summed E-state index contributed by atoms with van der Waals surface area (Å²) < 4.78 is 6.80. The minimum absolute atomic E-state index is 0.0824. The number of piperazine rings is 1. The normalized spacial score (nSPS) is 16.4. The van der Waals surface area contributed by atoms with Gasteiger partial charge >= 0.3 is 0 Å². The number of thiophene rings is 1. The third-order valence-electron chi connectivity index (χ3n) is 5.32. The number of hydrogen-bond acceptors (Lipinski definition) is 8. The van der Waals surface area contributed by atoms with E-state index in [1.165, 1.54) is 22.1 Å². The van der Waals surface area contributed by atoms with Crippen LogP contribution in [0, 0.1) is 0 Å². The van der Waals surface area contributed by atoms with Gasteiger partial charge in [0.1, 0.15) is 0 Å². The molecule has 8 nitrogen and oxygen atoms in total. The molecule has 0 spiro atoms. The van der Waals surface area contributed by atoms with E-state index in [0.717, 1.165) is 22.0 Å². The molecule has 10 heteroatoms. The van der Waals surface area contributed by atoms with Crippen LogP contribution in [0.5, 0.6) is 5.88 Å². The fraction of sp³-hybridized carbons (Fsp3) is 0.350. The summed E-state index contributed by atoms with van der Waals surface area (Å²) >= 11 is 3.14. The predicted molar refractivity (Wildman–Crippen MR) is 114 cm³/mol. The molecule has 1 fully saturated rings. The minimum atomic E-state index is -0.0931. The first kappa shape index (κ1) is 19.3.